The van der Waals surface area contributed by atoms with E-state index in [1.807, 2.05) is 39.0 Å². The summed E-state index contributed by atoms with van der Waals surface area (Å²) in [4.78, 5) is -0.556. The molecule has 7 heteroatoms. The van der Waals surface area contributed by atoms with Crippen LogP contribution < -0.4 is 11.1 Å². The number of allylic oxidation sites excluding steroid dienone is 2. The first-order chi connectivity index (χ1) is 20.5. The van der Waals surface area contributed by atoms with Crippen LogP contribution in [-0.4, -0.2) is 12.5 Å². The molecule has 0 spiro atoms. The number of hydrogen-bond donors (Lipinski definition) is 2. The molecule has 0 amide bonds. The minimum atomic E-state index is -6.58. The van der Waals surface area contributed by atoms with Crippen LogP contribution in [0.5, 0.6) is 0 Å². The van der Waals surface area contributed by atoms with Gasteiger partial charge in [-0.1, -0.05) is 71.2 Å². The summed E-state index contributed by atoms with van der Waals surface area (Å²) < 4.78 is 55.5. The van der Waals surface area contributed by atoms with Crippen LogP contribution >= 0.6 is 9.45 Å². The van der Waals surface area contributed by atoms with Gasteiger partial charge in [-0.25, -0.2) is 4.39 Å². The highest BCUT2D eigenvalue weighted by Gasteiger charge is 2.53. The minimum absolute atomic E-state index is 0.123. The van der Waals surface area contributed by atoms with Crippen LogP contribution in [0.2, 0.25) is 0 Å². The molecule has 0 saturated heterocycles. The molecule has 1 aliphatic carbocycles. The van der Waals surface area contributed by atoms with Crippen LogP contribution in [-0.2, 0) is 12.8 Å². The molecule has 0 unspecified atom stereocenters. The zero-order chi connectivity index (χ0) is 34.2. The third-order valence-corrected chi connectivity index (χ3v) is 8.31. The van der Waals surface area contributed by atoms with Gasteiger partial charge in [0.15, 0.2) is 0 Å². The molecule has 0 fully saturated rings. The van der Waals surface area contributed by atoms with Crippen molar-refractivity contribution in [2.45, 2.75) is 65.2 Å². The highest BCUT2D eigenvalue weighted by atomic mass is 32.4. The molecule has 3 N–H and O–H groups in total. The van der Waals surface area contributed by atoms with Gasteiger partial charge in [-0.3, -0.25) is 0 Å². The molecule has 3 aromatic carbocycles. The van der Waals surface area contributed by atoms with E-state index in [-0.39, 0.29) is 5.82 Å². The molecule has 244 valence electrons. The van der Waals surface area contributed by atoms with Crippen molar-refractivity contribution in [1.82, 2.24) is 0 Å². The number of anilines is 1. The van der Waals surface area contributed by atoms with E-state index in [0.29, 0.717) is 23.8 Å². The molecule has 0 saturated carbocycles. The Labute approximate surface area is 263 Å². The average molecular weight is 633 g/mol. The van der Waals surface area contributed by atoms with E-state index in [0.717, 1.165) is 65.8 Å². The molecule has 0 aliphatic heterocycles. The zero-order valence-corrected chi connectivity index (χ0v) is 28.4. The average Bonchev–Trinajstić information content (AvgIpc) is 2.95. The van der Waals surface area contributed by atoms with E-state index >= 15 is 0 Å². The fourth-order valence-electron chi connectivity index (χ4n) is 4.03. The number of rotatable bonds is 7. The van der Waals surface area contributed by atoms with Gasteiger partial charge < -0.3 is 11.1 Å². The van der Waals surface area contributed by atoms with Crippen molar-refractivity contribution in [2.75, 3.05) is 17.8 Å². The monoisotopic (exact) mass is 632 g/mol. The highest BCUT2D eigenvalue weighted by Crippen LogP contribution is 2.94. The Balaban J connectivity index is 0.000000700. The molecule has 0 atom stereocenters. The topological polar surface area (TPSA) is 38.0 Å². The van der Waals surface area contributed by atoms with Crippen LogP contribution in [0.1, 0.15) is 57.2 Å². The van der Waals surface area contributed by atoms with Gasteiger partial charge in [0.05, 0.1) is 9.45 Å². The predicted octanol–water partition coefficient (Wildman–Crippen LogP) is 12.3. The Morgan fingerprint density at radius 3 is 1.82 bits per heavy atom. The maximum absolute atomic E-state index is 14.1. The Morgan fingerprint density at radius 1 is 0.932 bits per heavy atom. The Kier molecular flexibility index (Phi) is 15.5. The first kappa shape index (κ1) is 40.3. The normalized spacial score (nSPS) is 12.9. The Hall–Kier alpha value is -3.71. The molecule has 3 aromatic rings. The fraction of sp³-hybridized carbons (Fsp3) is 0.297. The zero-order valence-electron chi connectivity index (χ0n) is 27.6. The molecule has 1 aliphatic rings. The standard InChI is InChI=1S/C17H19F.C14H18F3NS.C2H5N.C2H6.C2H4/c1-4-13-6-8-15(9-7-13)16-10-12(3)14(5-2)11-17(16)18;1-11(12-5-4-6-12)18-13-7-9-14(10-8-13)19(2,3,15,16)17;1-2-3;2*1-2/h6-11H,4-5H2,1-3H3;5,7-10,18H,1,4,6H2,2-3H3;2H,1,3H2;1-2H3;1-2H2. The second kappa shape index (κ2) is 17.0. The molecule has 0 radical (unpaired) electrons. The Bertz CT molecular complexity index is 1370. The smallest absolute Gasteiger partial charge is 0.131 e. The lowest BCUT2D eigenvalue weighted by molar-refractivity contribution is 0.564. The van der Waals surface area contributed by atoms with Crippen LogP contribution in [0.15, 0.2) is 115 Å². The molecule has 44 heavy (non-hydrogen) atoms. The first-order valence-corrected chi connectivity index (χ1v) is 17.7. The van der Waals surface area contributed by atoms with Gasteiger partial charge in [-0.05, 0) is 103 Å². The number of nitrogens with one attached hydrogen (secondary N) is 1. The predicted molar refractivity (Wildman–Crippen MR) is 190 cm³/mol. The van der Waals surface area contributed by atoms with Gasteiger partial charge in [0.2, 0.25) is 0 Å². The van der Waals surface area contributed by atoms with Crippen LogP contribution in [0.25, 0.3) is 11.1 Å². The largest absolute Gasteiger partial charge is 0.405 e. The lowest BCUT2D eigenvalue weighted by atomic mass is 9.96. The van der Waals surface area contributed by atoms with Crippen molar-refractivity contribution < 1.29 is 16.0 Å². The van der Waals surface area contributed by atoms with Crippen molar-refractivity contribution in [2.24, 2.45) is 5.73 Å². The van der Waals surface area contributed by atoms with Crippen molar-refractivity contribution >= 4 is 15.1 Å². The number of aryl methyl sites for hydroxylation is 3. The second-order valence-corrected chi connectivity index (χ2v) is 15.2. The maximum Gasteiger partial charge on any atom is 0.131 e. The summed E-state index contributed by atoms with van der Waals surface area (Å²) in [5.74, 6) is -0.123. The molecule has 0 aromatic heterocycles. The third kappa shape index (κ3) is 12.9. The molecule has 4 rings (SSSR count). The summed E-state index contributed by atoms with van der Waals surface area (Å²) in [6.45, 7) is 23.2. The second-order valence-electron chi connectivity index (χ2n) is 10.4. The Morgan fingerprint density at radius 2 is 1.43 bits per heavy atom. The summed E-state index contributed by atoms with van der Waals surface area (Å²) in [5.41, 5.74) is 12.3. The summed E-state index contributed by atoms with van der Waals surface area (Å²) in [7, 11) is -6.58. The first-order valence-electron chi connectivity index (χ1n) is 14.7. The molecular weight excluding hydrogens is 580 g/mol. The van der Waals surface area contributed by atoms with Gasteiger partial charge in [-0.15, -0.1) is 24.8 Å². The van der Waals surface area contributed by atoms with Crippen molar-refractivity contribution in [3.63, 3.8) is 0 Å². The SMILES string of the molecule is C=C.C=C(Nc1ccc(S(C)(C)(F)(F)F)cc1)C1=CCC1.C=CN.CC.CCc1ccc(-c2cc(C)c(CC)cc2F)cc1. The lowest BCUT2D eigenvalue weighted by Crippen LogP contribution is -2.15. The summed E-state index contributed by atoms with van der Waals surface area (Å²) in [6.07, 6.45) is 7.99. The van der Waals surface area contributed by atoms with Gasteiger partial charge in [-0.2, -0.15) is 0 Å². The molecule has 2 nitrogen and oxygen atoms in total. The number of benzene rings is 3. The van der Waals surface area contributed by atoms with E-state index in [1.54, 1.807) is 6.07 Å². The maximum atomic E-state index is 14.1. The molecular formula is C37H52F4N2S. The number of hydrogen-bond acceptors (Lipinski definition) is 2. The highest BCUT2D eigenvalue weighted by molar-refractivity contribution is 8.52. The van der Waals surface area contributed by atoms with Crippen molar-refractivity contribution in [3.8, 4) is 11.1 Å². The summed E-state index contributed by atoms with van der Waals surface area (Å²) in [6, 6.07) is 16.9. The van der Waals surface area contributed by atoms with E-state index in [1.165, 1.54) is 23.9 Å². The van der Waals surface area contributed by atoms with E-state index in [9.17, 15) is 16.0 Å². The quantitative estimate of drug-likeness (QED) is 0.201. The third-order valence-electron chi connectivity index (χ3n) is 6.56. The van der Waals surface area contributed by atoms with Gasteiger partial charge in [0, 0.05) is 34.4 Å². The van der Waals surface area contributed by atoms with Crippen LogP contribution in [0.3, 0.4) is 0 Å². The van der Waals surface area contributed by atoms with Crippen molar-refractivity contribution in [3.05, 3.63) is 133 Å². The van der Waals surface area contributed by atoms with E-state index in [4.69, 9.17) is 0 Å². The number of halogens is 4. The van der Waals surface area contributed by atoms with Gasteiger partial charge in [0.25, 0.3) is 0 Å². The van der Waals surface area contributed by atoms with Crippen molar-refractivity contribution in [1.29, 1.82) is 0 Å². The lowest BCUT2D eigenvalue weighted by Gasteiger charge is -2.51. The van der Waals surface area contributed by atoms with Crippen LogP contribution in [0.4, 0.5) is 21.7 Å². The molecule has 0 bridgehead atoms. The fourth-order valence-corrected chi connectivity index (χ4v) is 5.02. The molecule has 0 heterocycles. The van der Waals surface area contributed by atoms with Gasteiger partial charge >= 0.3 is 0 Å². The van der Waals surface area contributed by atoms with E-state index < -0.39 is 14.3 Å². The number of nitrogens with two attached hydrogens (primary N) is 1. The summed E-state index contributed by atoms with van der Waals surface area (Å²) in [5, 5.41) is 3.03. The summed E-state index contributed by atoms with van der Waals surface area (Å²) >= 11 is 0. The van der Waals surface area contributed by atoms with E-state index in [2.05, 4.69) is 69.4 Å². The van der Waals surface area contributed by atoms with Gasteiger partial charge in [0.1, 0.15) is 5.82 Å². The van der Waals surface area contributed by atoms with Crippen LogP contribution in [0, 0.1) is 12.7 Å². The minimum Gasteiger partial charge on any atom is -0.405 e.